The van der Waals surface area contributed by atoms with Gasteiger partial charge < -0.3 is 19.5 Å². The number of sulfonamides is 1. The number of carbonyl (C=O) groups is 2. The van der Waals surface area contributed by atoms with Crippen molar-refractivity contribution < 1.29 is 32.2 Å². The third kappa shape index (κ3) is 5.57. The molecule has 1 aromatic heterocycles. The summed E-state index contributed by atoms with van der Waals surface area (Å²) in [6.45, 7) is 0.519. The molecule has 1 N–H and O–H groups in total. The molecule has 2 aromatic rings. The minimum Gasteiger partial charge on any atom is -0.495 e. The van der Waals surface area contributed by atoms with Gasteiger partial charge in [-0.25, -0.2) is 18.2 Å². The Hall–Kier alpha value is -2.67. The van der Waals surface area contributed by atoms with E-state index in [1.165, 1.54) is 41.4 Å². The van der Waals surface area contributed by atoms with E-state index >= 15 is 0 Å². The van der Waals surface area contributed by atoms with E-state index in [9.17, 15) is 18.0 Å². The van der Waals surface area contributed by atoms with Crippen molar-refractivity contribution in [3.63, 3.8) is 0 Å². The molecule has 0 bridgehead atoms. The van der Waals surface area contributed by atoms with Gasteiger partial charge in [0.25, 0.3) is 5.91 Å². The summed E-state index contributed by atoms with van der Waals surface area (Å²) >= 11 is 1.29. The third-order valence-corrected chi connectivity index (χ3v) is 7.19. The number of carbonyl (C=O) groups excluding carboxylic acids is 2. The molecule has 12 heteroatoms. The smallest absolute Gasteiger partial charge is 0.341 e. The second-order valence-electron chi connectivity index (χ2n) is 6.57. The first-order chi connectivity index (χ1) is 15.4. The molecule has 0 spiro atoms. The van der Waals surface area contributed by atoms with Gasteiger partial charge in [0, 0.05) is 25.0 Å². The Morgan fingerprint density at radius 2 is 2.00 bits per heavy atom. The number of methoxy groups -OCH3 is 1. The van der Waals surface area contributed by atoms with Crippen LogP contribution in [0.2, 0.25) is 0 Å². The van der Waals surface area contributed by atoms with Crippen LogP contribution < -0.4 is 10.1 Å². The quantitative estimate of drug-likeness (QED) is 0.442. The molecule has 0 aliphatic carbocycles. The van der Waals surface area contributed by atoms with Crippen molar-refractivity contribution in [1.82, 2.24) is 9.29 Å². The first-order valence-electron chi connectivity index (χ1n) is 9.58. The zero-order valence-corrected chi connectivity index (χ0v) is 19.2. The normalized spacial score (nSPS) is 14.6. The molecular formula is C20H23N3O7S2. The predicted molar refractivity (Wildman–Crippen MR) is 118 cm³/mol. The van der Waals surface area contributed by atoms with Gasteiger partial charge in [0.2, 0.25) is 10.0 Å². The van der Waals surface area contributed by atoms with Gasteiger partial charge in [0.15, 0.2) is 6.61 Å². The second-order valence-corrected chi connectivity index (χ2v) is 9.27. The molecule has 0 saturated carbocycles. The largest absolute Gasteiger partial charge is 0.495 e. The topological polar surface area (TPSA) is 124 Å². The number of esters is 1. The van der Waals surface area contributed by atoms with Crippen molar-refractivity contribution in [2.45, 2.75) is 9.92 Å². The van der Waals surface area contributed by atoms with Crippen LogP contribution >= 0.6 is 11.8 Å². The Labute approximate surface area is 190 Å². The lowest BCUT2D eigenvalue weighted by atomic mass is 10.3. The SMILES string of the molecule is COc1ccc(NC(=O)COC(=O)c2cccnc2SC)cc1S(=O)(=O)N1CCOCC1. The van der Waals surface area contributed by atoms with Gasteiger partial charge in [-0.05, 0) is 36.6 Å². The van der Waals surface area contributed by atoms with E-state index in [1.807, 2.05) is 0 Å². The Bertz CT molecular complexity index is 1090. The number of amides is 1. The van der Waals surface area contributed by atoms with Crippen LogP contribution in [0.1, 0.15) is 10.4 Å². The highest BCUT2D eigenvalue weighted by Crippen LogP contribution is 2.30. The van der Waals surface area contributed by atoms with Gasteiger partial charge in [-0.2, -0.15) is 4.31 Å². The highest BCUT2D eigenvalue weighted by atomic mass is 32.2. The number of benzene rings is 1. The fraction of sp³-hybridized carbons (Fsp3) is 0.350. The summed E-state index contributed by atoms with van der Waals surface area (Å²) in [5, 5.41) is 3.04. The molecule has 10 nitrogen and oxygen atoms in total. The molecule has 0 radical (unpaired) electrons. The van der Waals surface area contributed by atoms with E-state index in [2.05, 4.69) is 10.3 Å². The zero-order chi connectivity index (χ0) is 23.1. The number of morpholine rings is 1. The summed E-state index contributed by atoms with van der Waals surface area (Å²) in [7, 11) is -2.48. The maximum Gasteiger partial charge on any atom is 0.341 e. The average Bonchev–Trinajstić information content (AvgIpc) is 2.83. The monoisotopic (exact) mass is 481 g/mol. The molecule has 1 aromatic carbocycles. The third-order valence-electron chi connectivity index (χ3n) is 4.55. The lowest BCUT2D eigenvalue weighted by Crippen LogP contribution is -2.40. The number of nitrogens with zero attached hydrogens (tertiary/aromatic N) is 2. The summed E-state index contributed by atoms with van der Waals surface area (Å²) in [5.74, 6) is -1.14. The van der Waals surface area contributed by atoms with E-state index in [0.29, 0.717) is 18.2 Å². The van der Waals surface area contributed by atoms with Crippen LogP contribution in [0.3, 0.4) is 0 Å². The van der Waals surface area contributed by atoms with Crippen molar-refractivity contribution >= 4 is 39.3 Å². The zero-order valence-electron chi connectivity index (χ0n) is 17.6. The van der Waals surface area contributed by atoms with Gasteiger partial charge in [-0.15, -0.1) is 11.8 Å². The Balaban J connectivity index is 1.70. The molecule has 3 rings (SSSR count). The highest BCUT2D eigenvalue weighted by Gasteiger charge is 2.29. The summed E-state index contributed by atoms with van der Waals surface area (Å²) in [6.07, 6.45) is 3.33. The summed E-state index contributed by atoms with van der Waals surface area (Å²) < 4.78 is 42.9. The van der Waals surface area contributed by atoms with Crippen molar-refractivity contribution in [2.75, 3.05) is 51.6 Å². The molecular weight excluding hydrogens is 458 g/mol. The van der Waals surface area contributed by atoms with Gasteiger partial charge in [0.05, 0.1) is 25.9 Å². The van der Waals surface area contributed by atoms with Crippen LogP contribution in [0.5, 0.6) is 5.75 Å². The fourth-order valence-corrected chi connectivity index (χ4v) is 5.12. The van der Waals surface area contributed by atoms with Crippen LogP contribution in [0.4, 0.5) is 5.69 Å². The molecule has 1 saturated heterocycles. The van der Waals surface area contributed by atoms with Crippen LogP contribution in [0.25, 0.3) is 0 Å². The number of pyridine rings is 1. The molecule has 0 unspecified atom stereocenters. The number of rotatable bonds is 8. The number of hydrogen-bond donors (Lipinski definition) is 1. The van der Waals surface area contributed by atoms with Crippen LogP contribution in [-0.2, 0) is 24.3 Å². The molecule has 172 valence electrons. The van der Waals surface area contributed by atoms with Crippen LogP contribution in [-0.4, -0.2) is 75.9 Å². The van der Waals surface area contributed by atoms with E-state index in [4.69, 9.17) is 14.2 Å². The number of hydrogen-bond acceptors (Lipinski definition) is 9. The number of anilines is 1. The maximum absolute atomic E-state index is 13.0. The summed E-state index contributed by atoms with van der Waals surface area (Å²) in [5.41, 5.74) is 0.487. The Morgan fingerprint density at radius 1 is 1.25 bits per heavy atom. The lowest BCUT2D eigenvalue weighted by molar-refractivity contribution is -0.119. The Morgan fingerprint density at radius 3 is 2.69 bits per heavy atom. The second kappa shape index (κ2) is 10.8. The molecule has 1 aliphatic rings. The van der Waals surface area contributed by atoms with E-state index in [-0.39, 0.29) is 35.0 Å². The van der Waals surface area contributed by atoms with E-state index < -0.39 is 28.5 Å². The number of nitrogens with one attached hydrogen (secondary N) is 1. The fourth-order valence-electron chi connectivity index (χ4n) is 3.00. The molecule has 1 amide bonds. The molecule has 1 fully saturated rings. The number of aromatic nitrogens is 1. The predicted octanol–water partition coefficient (Wildman–Crippen LogP) is 1.63. The maximum atomic E-state index is 13.0. The standard InChI is InChI=1S/C20H23N3O7S2/c1-28-16-6-5-14(12-17(16)32(26,27)23-8-10-29-11-9-23)22-18(24)13-30-20(25)15-4-3-7-21-19(15)31-2/h3-7,12H,8-11,13H2,1-2H3,(H,22,24). The minimum atomic E-state index is -3.85. The van der Waals surface area contributed by atoms with E-state index in [1.54, 1.807) is 24.6 Å². The summed E-state index contributed by atoms with van der Waals surface area (Å²) in [6, 6.07) is 7.44. The van der Waals surface area contributed by atoms with Gasteiger partial charge in [-0.3, -0.25) is 4.79 Å². The number of ether oxygens (including phenoxy) is 3. The van der Waals surface area contributed by atoms with Gasteiger partial charge in [0.1, 0.15) is 15.7 Å². The molecule has 0 atom stereocenters. The first-order valence-corrected chi connectivity index (χ1v) is 12.2. The lowest BCUT2D eigenvalue weighted by Gasteiger charge is -2.26. The van der Waals surface area contributed by atoms with Gasteiger partial charge in [-0.1, -0.05) is 0 Å². The average molecular weight is 482 g/mol. The van der Waals surface area contributed by atoms with Crippen molar-refractivity contribution in [3.8, 4) is 5.75 Å². The highest BCUT2D eigenvalue weighted by molar-refractivity contribution is 7.98. The van der Waals surface area contributed by atoms with E-state index in [0.717, 1.165) is 0 Å². The molecule has 2 heterocycles. The van der Waals surface area contributed by atoms with Crippen molar-refractivity contribution in [3.05, 3.63) is 42.1 Å². The first kappa shape index (κ1) is 24.0. The van der Waals surface area contributed by atoms with Crippen LogP contribution in [0, 0.1) is 0 Å². The van der Waals surface area contributed by atoms with Gasteiger partial charge >= 0.3 is 5.97 Å². The van der Waals surface area contributed by atoms with Crippen molar-refractivity contribution in [2.24, 2.45) is 0 Å². The molecule has 1 aliphatic heterocycles. The van der Waals surface area contributed by atoms with Crippen molar-refractivity contribution in [1.29, 1.82) is 0 Å². The number of thioether (sulfide) groups is 1. The minimum absolute atomic E-state index is 0.0725. The summed E-state index contributed by atoms with van der Waals surface area (Å²) in [4.78, 5) is 28.6. The molecule has 32 heavy (non-hydrogen) atoms. The Kier molecular flexibility index (Phi) is 8.07. The van der Waals surface area contributed by atoms with Crippen LogP contribution in [0.15, 0.2) is 46.5 Å².